The van der Waals surface area contributed by atoms with Crippen molar-refractivity contribution in [1.82, 2.24) is 25.6 Å². The second-order valence-electron chi connectivity index (χ2n) is 15.7. The number of fused-ring (bicyclic) bond motifs is 1. The molecule has 8 N–H and O–H groups in total. The lowest BCUT2D eigenvalue weighted by Crippen LogP contribution is -2.42. The number of nitrogens with two attached hydrogens (primary N) is 1. The molecule has 4 unspecified atom stereocenters. The number of carboxylic acid groups (broad SMARTS) is 2. The molecule has 0 saturated heterocycles. The number of ether oxygens (including phenoxy) is 3. The van der Waals surface area contributed by atoms with E-state index in [0.29, 0.717) is 47.7 Å². The number of Topliss-reactive ketones (excluding diaryl/α,β-unsaturated/α-hetero) is 2. The van der Waals surface area contributed by atoms with E-state index in [9.17, 15) is 48.6 Å². The summed E-state index contributed by atoms with van der Waals surface area (Å²) >= 11 is 3.06. The molecule has 4 rings (SSSR count). The van der Waals surface area contributed by atoms with Crippen LogP contribution >= 0.6 is 23.5 Å². The number of aliphatic carboxylic acids is 2. The number of esters is 1. The number of aromatic amines is 2. The third kappa shape index (κ3) is 17.9. The van der Waals surface area contributed by atoms with Gasteiger partial charge in [0.05, 0.1) is 37.7 Å². The van der Waals surface area contributed by atoms with Gasteiger partial charge in [0.2, 0.25) is 11.9 Å². The van der Waals surface area contributed by atoms with Gasteiger partial charge in [-0.1, -0.05) is 19.1 Å². The second kappa shape index (κ2) is 27.3. The molecular weight excluding hydrogens is 885 g/mol. The van der Waals surface area contributed by atoms with Crippen LogP contribution in [0.4, 0.5) is 5.95 Å². The standard InChI is InChI=1S/C44H60N6O13S2/c1-3-34(42(58)59)64-24-30-10-12-35(30)65-25-31(22-32(52)15-18-61-17-14-26(2)51)39(55)46-16-19-62-20-21-63-43(60)33(11-13-36(53)54)48-40(56)28-7-4-27(5-8-28)6-9-29-23-47-38-37(29)41(57)50-44(45)49-38/h4-5,7-8,23,30-31,33-35H,3,6,9-22,24-25H2,1-2H3,(H,46,55)(H,48,56)(H,53,54)(H,58,59)(H4,45,47,49,50,57)/t30?,31?,33-,34?,35?/m1/s1. The number of H-pyrrole nitrogens is 2. The number of hydrogen-bond donors (Lipinski definition) is 7. The van der Waals surface area contributed by atoms with Gasteiger partial charge in [-0.25, -0.2) is 4.79 Å². The van der Waals surface area contributed by atoms with E-state index in [0.717, 1.165) is 24.0 Å². The number of aromatic nitrogens is 3. The molecule has 65 heavy (non-hydrogen) atoms. The number of nitrogen functional groups attached to an aromatic ring is 1. The van der Waals surface area contributed by atoms with Crippen molar-refractivity contribution < 1.29 is 58.0 Å². The maximum absolute atomic E-state index is 13.3. The first-order valence-electron chi connectivity index (χ1n) is 21.7. The van der Waals surface area contributed by atoms with Gasteiger partial charge in [0.25, 0.3) is 11.5 Å². The molecule has 1 aliphatic carbocycles. The molecule has 2 heterocycles. The largest absolute Gasteiger partial charge is 0.481 e. The van der Waals surface area contributed by atoms with E-state index in [4.69, 9.17) is 19.9 Å². The summed E-state index contributed by atoms with van der Waals surface area (Å²) < 4.78 is 16.3. The molecule has 356 valence electrons. The number of hydrogen-bond acceptors (Lipinski definition) is 15. The zero-order valence-electron chi connectivity index (χ0n) is 36.7. The van der Waals surface area contributed by atoms with E-state index in [1.807, 2.05) is 6.92 Å². The summed E-state index contributed by atoms with van der Waals surface area (Å²) in [4.78, 5) is 108. The second-order valence-corrected chi connectivity index (χ2v) is 18.3. The normalized spacial score (nSPS) is 15.9. The van der Waals surface area contributed by atoms with Crippen molar-refractivity contribution in [2.24, 2.45) is 11.8 Å². The SMILES string of the molecule is CCC(SCC1CCC1SCC(CC(=O)CCOCCC(C)=O)C(=O)NCCOCCOC(=O)[C@@H](CCC(=O)O)NC(=O)c1ccc(CCc2c[nH]c3nc(N)[nH]c(=O)c23)cc1)C(=O)O. The predicted molar refractivity (Wildman–Crippen MR) is 245 cm³/mol. The molecule has 2 aromatic heterocycles. The zero-order chi connectivity index (χ0) is 47.3. The Morgan fingerprint density at radius 3 is 2.37 bits per heavy atom. The van der Waals surface area contributed by atoms with E-state index in [2.05, 4.69) is 25.6 Å². The third-order valence-corrected chi connectivity index (χ3v) is 14.0. The van der Waals surface area contributed by atoms with Crippen molar-refractivity contribution in [2.45, 2.75) is 94.6 Å². The molecular formula is C44H60N6O13S2. The summed E-state index contributed by atoms with van der Waals surface area (Å²) in [7, 11) is 0. The molecule has 2 amide bonds. The Bertz CT molecular complexity index is 2150. The number of anilines is 1. The molecule has 0 spiro atoms. The maximum Gasteiger partial charge on any atom is 0.328 e. The number of ketones is 2. The van der Waals surface area contributed by atoms with Gasteiger partial charge in [0.15, 0.2) is 0 Å². The highest BCUT2D eigenvalue weighted by Crippen LogP contribution is 2.41. The Morgan fingerprint density at radius 1 is 0.954 bits per heavy atom. The third-order valence-electron chi connectivity index (χ3n) is 10.8. The molecule has 0 bridgehead atoms. The van der Waals surface area contributed by atoms with Crippen LogP contribution in [0.15, 0.2) is 35.3 Å². The van der Waals surface area contributed by atoms with Gasteiger partial charge in [0.1, 0.15) is 35.1 Å². The lowest BCUT2D eigenvalue weighted by atomic mass is 9.86. The van der Waals surface area contributed by atoms with Crippen molar-refractivity contribution in [3.05, 3.63) is 57.5 Å². The summed E-state index contributed by atoms with van der Waals surface area (Å²) in [6.07, 6.45) is 4.96. The number of nitrogens with zero attached hydrogens (tertiary/aromatic N) is 1. The van der Waals surface area contributed by atoms with Gasteiger partial charge in [-0.3, -0.25) is 38.5 Å². The van der Waals surface area contributed by atoms with Crippen LogP contribution < -0.4 is 21.9 Å². The van der Waals surface area contributed by atoms with Gasteiger partial charge in [0, 0.05) is 55.0 Å². The number of carbonyl (C=O) groups excluding carboxylic acids is 5. The van der Waals surface area contributed by atoms with Gasteiger partial charge >= 0.3 is 17.9 Å². The van der Waals surface area contributed by atoms with Crippen LogP contribution in [0.2, 0.25) is 0 Å². The van der Waals surface area contributed by atoms with E-state index in [-0.39, 0.29) is 105 Å². The molecule has 21 heteroatoms. The fraction of sp³-hybridized carbons (Fsp3) is 0.568. The van der Waals surface area contributed by atoms with Crippen molar-refractivity contribution in [1.29, 1.82) is 0 Å². The first-order chi connectivity index (χ1) is 31.1. The van der Waals surface area contributed by atoms with Crippen molar-refractivity contribution in [2.75, 3.05) is 56.8 Å². The number of thioether (sulfide) groups is 2. The highest BCUT2D eigenvalue weighted by molar-refractivity contribution is 8.01. The maximum atomic E-state index is 13.3. The fourth-order valence-corrected chi connectivity index (χ4v) is 9.81. The Morgan fingerprint density at radius 2 is 1.69 bits per heavy atom. The average molecular weight is 945 g/mol. The van der Waals surface area contributed by atoms with Crippen LogP contribution in [-0.2, 0) is 55.8 Å². The fourth-order valence-electron chi connectivity index (χ4n) is 6.87. The number of carboxylic acids is 2. The van der Waals surface area contributed by atoms with E-state index in [1.165, 1.54) is 18.7 Å². The molecule has 1 fully saturated rings. The van der Waals surface area contributed by atoms with Crippen molar-refractivity contribution >= 4 is 81.8 Å². The smallest absolute Gasteiger partial charge is 0.328 e. The Kier molecular flexibility index (Phi) is 22.0. The molecule has 0 radical (unpaired) electrons. The molecule has 1 aromatic carbocycles. The topological polar surface area (TPSA) is 299 Å². The summed E-state index contributed by atoms with van der Waals surface area (Å²) in [6, 6.07) is 5.38. The predicted octanol–water partition coefficient (Wildman–Crippen LogP) is 3.33. The average Bonchev–Trinajstić information content (AvgIpc) is 3.67. The molecule has 19 nitrogen and oxygen atoms in total. The van der Waals surface area contributed by atoms with Crippen molar-refractivity contribution in [3.63, 3.8) is 0 Å². The van der Waals surface area contributed by atoms with Gasteiger partial charge < -0.3 is 45.8 Å². The van der Waals surface area contributed by atoms with E-state index >= 15 is 0 Å². The quantitative estimate of drug-likeness (QED) is 0.0349. The minimum atomic E-state index is -1.25. The van der Waals surface area contributed by atoms with Gasteiger partial charge in [-0.2, -0.15) is 16.7 Å². The summed E-state index contributed by atoms with van der Waals surface area (Å²) in [5.74, 6) is -3.08. The highest BCUT2D eigenvalue weighted by atomic mass is 32.2. The van der Waals surface area contributed by atoms with Gasteiger partial charge in [-0.15, -0.1) is 11.8 Å². The Balaban J connectivity index is 1.20. The Hall–Kier alpha value is -5.25. The molecule has 5 atom stereocenters. The first-order valence-corrected chi connectivity index (χ1v) is 23.8. The molecule has 3 aromatic rings. The lowest BCUT2D eigenvalue weighted by molar-refractivity contribution is -0.148. The van der Waals surface area contributed by atoms with Gasteiger partial charge in [-0.05, 0) is 80.4 Å². The summed E-state index contributed by atoms with van der Waals surface area (Å²) in [6.45, 7) is 3.59. The highest BCUT2D eigenvalue weighted by Gasteiger charge is 2.34. The lowest BCUT2D eigenvalue weighted by Gasteiger charge is -2.37. The first kappa shape index (κ1) is 52.4. The minimum absolute atomic E-state index is 0.00531. The van der Waals surface area contributed by atoms with E-state index in [1.54, 1.807) is 42.2 Å². The van der Waals surface area contributed by atoms with Crippen LogP contribution in [0, 0.1) is 11.8 Å². The van der Waals surface area contributed by atoms with Crippen LogP contribution in [0.25, 0.3) is 11.0 Å². The summed E-state index contributed by atoms with van der Waals surface area (Å²) in [5.41, 5.74) is 7.53. The number of nitrogens with one attached hydrogen (secondary N) is 4. The minimum Gasteiger partial charge on any atom is -0.481 e. The molecule has 0 aliphatic heterocycles. The molecule has 1 aliphatic rings. The Labute approximate surface area is 384 Å². The van der Waals surface area contributed by atoms with E-state index < -0.39 is 47.4 Å². The number of aryl methyl sites for hydroxylation is 2. The number of benzene rings is 1. The zero-order valence-corrected chi connectivity index (χ0v) is 38.4. The van der Waals surface area contributed by atoms with Crippen molar-refractivity contribution in [3.8, 4) is 0 Å². The number of carbonyl (C=O) groups is 7. The number of amides is 2. The number of rotatable bonds is 32. The summed E-state index contributed by atoms with van der Waals surface area (Å²) in [5, 5.41) is 24.3. The van der Waals surface area contributed by atoms with Crippen LogP contribution in [0.5, 0.6) is 0 Å². The van der Waals surface area contributed by atoms with Crippen LogP contribution in [0.1, 0.15) is 86.7 Å². The monoisotopic (exact) mass is 944 g/mol. The van der Waals surface area contributed by atoms with Crippen LogP contribution in [0.3, 0.4) is 0 Å². The van der Waals surface area contributed by atoms with Crippen LogP contribution in [-0.4, -0.2) is 134 Å². The molecule has 1 saturated carbocycles.